The fraction of sp³-hybridized carbons (Fsp3) is 0.300. The second-order valence-corrected chi connectivity index (χ2v) is 8.02. The molecular weight excluding hydrogens is 380 g/mol. The average Bonchev–Trinajstić information content (AvgIpc) is 2.64. The molecule has 2 rings (SSSR count). The van der Waals surface area contributed by atoms with Crippen LogP contribution in [0.25, 0.3) is 0 Å². The molecule has 8 heteroatoms. The Morgan fingerprint density at radius 2 is 1.68 bits per heavy atom. The van der Waals surface area contributed by atoms with Crippen LogP contribution < -0.4 is 9.83 Å². The van der Waals surface area contributed by atoms with Gasteiger partial charge >= 0.3 is 0 Å². The molecule has 0 aromatic heterocycles. The second-order valence-electron chi connectivity index (χ2n) is 6.37. The van der Waals surface area contributed by atoms with E-state index in [4.69, 9.17) is 0 Å². The van der Waals surface area contributed by atoms with Crippen LogP contribution in [-0.2, 0) is 10.0 Å². The molecule has 0 bridgehead atoms. The number of carboxylic acids is 1. The van der Waals surface area contributed by atoms with Crippen LogP contribution in [0.5, 0.6) is 0 Å². The van der Waals surface area contributed by atoms with Crippen molar-refractivity contribution in [1.82, 2.24) is 4.90 Å². The van der Waals surface area contributed by atoms with Crippen molar-refractivity contribution in [2.75, 3.05) is 17.8 Å². The van der Waals surface area contributed by atoms with Crippen molar-refractivity contribution in [3.63, 3.8) is 0 Å². The predicted octanol–water partition coefficient (Wildman–Crippen LogP) is 1.95. The molecule has 2 aromatic rings. The summed E-state index contributed by atoms with van der Waals surface area (Å²) < 4.78 is 28.1. The van der Waals surface area contributed by atoms with E-state index in [2.05, 4.69) is 4.72 Å². The molecule has 0 radical (unpaired) electrons. The van der Waals surface area contributed by atoms with Crippen molar-refractivity contribution in [3.8, 4) is 0 Å². The van der Waals surface area contributed by atoms with Gasteiger partial charge in [0.15, 0.2) is 0 Å². The monoisotopic (exact) mass is 403 g/mol. The molecular formula is C20H23N2O5S-. The highest BCUT2D eigenvalue weighted by molar-refractivity contribution is 7.92. The molecule has 0 saturated heterocycles. The number of benzene rings is 2. The molecule has 0 spiro atoms. The zero-order chi connectivity index (χ0) is 21.1. The summed E-state index contributed by atoms with van der Waals surface area (Å²) in [4.78, 5) is 25.1. The smallest absolute Gasteiger partial charge is 0.262 e. The first-order valence-electron chi connectivity index (χ1n) is 8.85. The summed E-state index contributed by atoms with van der Waals surface area (Å²) in [6, 6.07) is 8.64. The first kappa shape index (κ1) is 21.4. The first-order chi connectivity index (χ1) is 13.1. The number of carbonyl (C=O) groups excluding carboxylic acids is 2. The van der Waals surface area contributed by atoms with Gasteiger partial charge in [-0.15, -0.1) is 0 Å². The van der Waals surface area contributed by atoms with Crippen LogP contribution in [0.15, 0.2) is 41.3 Å². The SMILES string of the molecule is CCN(CC)C(=O)c1cccc(NS(=O)(=O)c2cc(C(=O)[O-])cc(C)c2C)c1. The first-order valence-corrected chi connectivity index (χ1v) is 10.3. The Morgan fingerprint density at radius 3 is 2.25 bits per heavy atom. The van der Waals surface area contributed by atoms with Gasteiger partial charge in [0.05, 0.1) is 10.9 Å². The lowest BCUT2D eigenvalue weighted by atomic mass is 10.1. The number of anilines is 1. The van der Waals surface area contributed by atoms with Crippen LogP contribution in [-0.4, -0.2) is 38.3 Å². The van der Waals surface area contributed by atoms with E-state index in [1.165, 1.54) is 18.2 Å². The Morgan fingerprint density at radius 1 is 1.04 bits per heavy atom. The van der Waals surface area contributed by atoms with Crippen LogP contribution in [0.2, 0.25) is 0 Å². The number of sulfonamides is 1. The van der Waals surface area contributed by atoms with E-state index in [0.29, 0.717) is 29.8 Å². The largest absolute Gasteiger partial charge is 0.545 e. The number of carboxylic acid groups (broad SMARTS) is 1. The van der Waals surface area contributed by atoms with Gasteiger partial charge < -0.3 is 14.8 Å². The third-order valence-corrected chi connectivity index (χ3v) is 6.06. The van der Waals surface area contributed by atoms with E-state index in [-0.39, 0.29) is 22.1 Å². The highest BCUT2D eigenvalue weighted by Gasteiger charge is 2.20. The number of amides is 1. The molecule has 0 aliphatic heterocycles. The van der Waals surface area contributed by atoms with Crippen LogP contribution in [0.4, 0.5) is 5.69 Å². The molecule has 0 fully saturated rings. The predicted molar refractivity (Wildman–Crippen MR) is 105 cm³/mol. The number of carbonyl (C=O) groups is 2. The standard InChI is InChI=1S/C20H24N2O5S/c1-5-22(6-2)19(23)15-8-7-9-17(11-15)21-28(26,27)18-12-16(20(24)25)10-13(3)14(18)4/h7-12,21H,5-6H2,1-4H3,(H,24,25)/p-1. The number of rotatable bonds is 7. The molecule has 1 amide bonds. The Hall–Kier alpha value is -2.87. The molecule has 1 N–H and O–H groups in total. The number of nitrogens with one attached hydrogen (secondary N) is 1. The van der Waals surface area contributed by atoms with Crippen LogP contribution in [0.1, 0.15) is 45.7 Å². The maximum atomic E-state index is 12.9. The summed E-state index contributed by atoms with van der Waals surface area (Å²) in [5, 5.41) is 11.2. The molecule has 0 aliphatic carbocycles. The number of nitrogens with zero attached hydrogens (tertiary/aromatic N) is 1. The third-order valence-electron chi connectivity index (χ3n) is 4.56. The Labute approximate surface area is 165 Å². The van der Waals surface area contributed by atoms with Gasteiger partial charge in [0.2, 0.25) is 0 Å². The number of aromatic carboxylic acids is 1. The number of hydrogen-bond acceptors (Lipinski definition) is 5. The fourth-order valence-electron chi connectivity index (χ4n) is 2.84. The van der Waals surface area contributed by atoms with Crippen LogP contribution >= 0.6 is 0 Å². The molecule has 0 atom stereocenters. The lowest BCUT2D eigenvalue weighted by Crippen LogP contribution is -2.30. The fourth-order valence-corrected chi connectivity index (χ4v) is 4.24. The minimum atomic E-state index is -4.06. The van der Waals surface area contributed by atoms with Crippen molar-refractivity contribution in [1.29, 1.82) is 0 Å². The zero-order valence-electron chi connectivity index (χ0n) is 16.3. The van der Waals surface area contributed by atoms with E-state index >= 15 is 0 Å². The normalized spacial score (nSPS) is 11.1. The van der Waals surface area contributed by atoms with Gasteiger partial charge in [-0.25, -0.2) is 8.42 Å². The van der Waals surface area contributed by atoms with Crippen LogP contribution in [0.3, 0.4) is 0 Å². The molecule has 0 unspecified atom stereocenters. The lowest BCUT2D eigenvalue weighted by molar-refractivity contribution is -0.255. The van der Waals surface area contributed by atoms with E-state index in [9.17, 15) is 23.1 Å². The minimum Gasteiger partial charge on any atom is -0.545 e. The van der Waals surface area contributed by atoms with Crippen molar-refractivity contribution in [2.24, 2.45) is 0 Å². The molecule has 7 nitrogen and oxygen atoms in total. The van der Waals surface area contributed by atoms with Gasteiger partial charge in [0, 0.05) is 24.3 Å². The van der Waals surface area contributed by atoms with Gasteiger partial charge in [-0.2, -0.15) is 0 Å². The molecule has 0 saturated carbocycles. The summed E-state index contributed by atoms with van der Waals surface area (Å²) >= 11 is 0. The number of hydrogen-bond donors (Lipinski definition) is 1. The Bertz CT molecular complexity index is 1010. The topological polar surface area (TPSA) is 107 Å². The van der Waals surface area contributed by atoms with E-state index in [0.717, 1.165) is 6.07 Å². The molecule has 2 aromatic carbocycles. The average molecular weight is 403 g/mol. The van der Waals surface area contributed by atoms with Gasteiger partial charge in [-0.3, -0.25) is 9.52 Å². The molecule has 0 aliphatic rings. The van der Waals surface area contributed by atoms with E-state index in [1.54, 1.807) is 30.9 Å². The number of aryl methyl sites for hydroxylation is 1. The van der Waals surface area contributed by atoms with Crippen LogP contribution in [0, 0.1) is 13.8 Å². The van der Waals surface area contributed by atoms with Gasteiger partial charge in [0.25, 0.3) is 15.9 Å². The summed E-state index contributed by atoms with van der Waals surface area (Å²) in [6.45, 7) is 8.04. The van der Waals surface area contributed by atoms with Gasteiger partial charge in [0.1, 0.15) is 0 Å². The highest BCUT2D eigenvalue weighted by Crippen LogP contribution is 2.24. The summed E-state index contributed by atoms with van der Waals surface area (Å²) in [5.41, 5.74) is 1.32. The van der Waals surface area contributed by atoms with Crippen molar-refractivity contribution in [3.05, 3.63) is 58.7 Å². The third kappa shape index (κ3) is 4.51. The van der Waals surface area contributed by atoms with Crippen molar-refractivity contribution in [2.45, 2.75) is 32.6 Å². The summed E-state index contributed by atoms with van der Waals surface area (Å²) in [7, 11) is -4.06. The Kier molecular flexibility index (Phi) is 6.45. The quantitative estimate of drug-likeness (QED) is 0.760. The summed E-state index contributed by atoms with van der Waals surface area (Å²) in [6.07, 6.45) is 0. The zero-order valence-corrected chi connectivity index (χ0v) is 17.1. The van der Waals surface area contributed by atoms with Crippen molar-refractivity contribution < 1.29 is 23.1 Å². The van der Waals surface area contributed by atoms with Gasteiger partial charge in [-0.05, 0) is 74.7 Å². The molecule has 150 valence electrons. The molecule has 28 heavy (non-hydrogen) atoms. The lowest BCUT2D eigenvalue weighted by Gasteiger charge is -2.19. The van der Waals surface area contributed by atoms with E-state index in [1.807, 2.05) is 13.8 Å². The van der Waals surface area contributed by atoms with Gasteiger partial charge in [-0.1, -0.05) is 6.07 Å². The molecule has 0 heterocycles. The second kappa shape index (κ2) is 8.43. The maximum Gasteiger partial charge on any atom is 0.262 e. The van der Waals surface area contributed by atoms with Crippen molar-refractivity contribution >= 4 is 27.6 Å². The highest BCUT2D eigenvalue weighted by atomic mass is 32.2. The minimum absolute atomic E-state index is 0.146. The summed E-state index contributed by atoms with van der Waals surface area (Å²) in [5.74, 6) is -1.65. The maximum absolute atomic E-state index is 12.9. The Balaban J connectivity index is 2.42. The van der Waals surface area contributed by atoms with E-state index < -0.39 is 16.0 Å².